The summed E-state index contributed by atoms with van der Waals surface area (Å²) in [6, 6.07) is 17.9. The second-order valence-electron chi connectivity index (χ2n) is 11.9. The SMILES string of the molecule is O=C(N[C@@H](CC1CCCCC1)C(=O)N[C@H]1C[C@H]2C(=O)NCC2=C(NCc2ccccc2)C1O)c1cc2ccccc2[nH]1. The van der Waals surface area contributed by atoms with E-state index in [1.807, 2.05) is 54.6 Å². The molecule has 1 aromatic heterocycles. The molecule has 9 heteroatoms. The average molecular weight is 570 g/mol. The molecule has 6 rings (SSSR count). The number of hydrogen-bond donors (Lipinski definition) is 6. The molecule has 3 amide bonds. The molecule has 1 unspecified atom stereocenters. The molecule has 2 heterocycles. The molecule has 0 spiro atoms. The second-order valence-corrected chi connectivity index (χ2v) is 11.9. The Bertz CT molecular complexity index is 1440. The Morgan fingerprint density at radius 1 is 1.00 bits per heavy atom. The summed E-state index contributed by atoms with van der Waals surface area (Å²) in [4.78, 5) is 43.1. The van der Waals surface area contributed by atoms with Crippen molar-refractivity contribution >= 4 is 28.6 Å². The number of aromatic nitrogens is 1. The molecule has 2 aromatic carbocycles. The smallest absolute Gasteiger partial charge is 0.268 e. The first-order valence-corrected chi connectivity index (χ1v) is 15.1. The first-order valence-electron chi connectivity index (χ1n) is 15.1. The summed E-state index contributed by atoms with van der Waals surface area (Å²) in [5, 5.41) is 24.7. The predicted octanol–water partition coefficient (Wildman–Crippen LogP) is 3.28. The van der Waals surface area contributed by atoms with Crippen LogP contribution in [-0.2, 0) is 16.1 Å². The number of nitrogens with one attached hydrogen (secondary N) is 5. The van der Waals surface area contributed by atoms with E-state index in [0.717, 1.165) is 47.7 Å². The Labute approximate surface area is 245 Å². The molecule has 3 aliphatic rings. The lowest BCUT2D eigenvalue weighted by Crippen LogP contribution is -2.56. The van der Waals surface area contributed by atoms with Gasteiger partial charge in [0.2, 0.25) is 11.8 Å². The molecule has 0 bridgehead atoms. The highest BCUT2D eigenvalue weighted by molar-refractivity contribution is 6.00. The van der Waals surface area contributed by atoms with Gasteiger partial charge in [-0.1, -0.05) is 80.6 Å². The van der Waals surface area contributed by atoms with Crippen LogP contribution in [0, 0.1) is 11.8 Å². The van der Waals surface area contributed by atoms with Crippen molar-refractivity contribution < 1.29 is 19.5 Å². The minimum Gasteiger partial charge on any atom is -0.385 e. The Morgan fingerprint density at radius 2 is 1.76 bits per heavy atom. The molecule has 6 N–H and O–H groups in total. The van der Waals surface area contributed by atoms with Gasteiger partial charge in [-0.05, 0) is 42.0 Å². The van der Waals surface area contributed by atoms with Gasteiger partial charge in [-0.3, -0.25) is 14.4 Å². The highest BCUT2D eigenvalue weighted by Crippen LogP contribution is 2.33. The van der Waals surface area contributed by atoms with E-state index in [-0.39, 0.29) is 17.7 Å². The summed E-state index contributed by atoms with van der Waals surface area (Å²) in [5.41, 5.74) is 3.74. The average Bonchev–Trinajstić information content (AvgIpc) is 3.61. The van der Waals surface area contributed by atoms with Crippen molar-refractivity contribution in [2.24, 2.45) is 11.8 Å². The standard InChI is InChI=1S/C33H39N5O4/c39-30-26(17-23-24(19-35-31(23)40)29(30)34-18-21-11-5-2-6-12-21)37-32(41)27(15-20-9-3-1-4-10-20)38-33(42)28-16-22-13-7-8-14-25(22)36-28/h2,5-8,11-14,16,20,23,26-27,30,34,36,39H,1,3-4,9-10,15,17-19H2,(H,35,40)(H,37,41)(H,38,42)/t23-,26+,27+,30?/m1/s1. The highest BCUT2D eigenvalue weighted by atomic mass is 16.3. The van der Waals surface area contributed by atoms with E-state index in [4.69, 9.17) is 0 Å². The van der Waals surface area contributed by atoms with E-state index in [1.54, 1.807) is 6.07 Å². The number of carbonyl (C=O) groups excluding carboxylic acids is 3. The van der Waals surface area contributed by atoms with Crippen molar-refractivity contribution in [3.8, 4) is 0 Å². The molecule has 0 radical (unpaired) electrons. The van der Waals surface area contributed by atoms with Crippen LogP contribution in [0.2, 0.25) is 0 Å². The predicted molar refractivity (Wildman–Crippen MR) is 160 cm³/mol. The third-order valence-corrected chi connectivity index (χ3v) is 9.05. The van der Waals surface area contributed by atoms with Gasteiger partial charge in [0.25, 0.3) is 5.91 Å². The highest BCUT2D eigenvalue weighted by Gasteiger charge is 2.43. The van der Waals surface area contributed by atoms with Crippen molar-refractivity contribution in [2.75, 3.05) is 6.54 Å². The molecule has 9 nitrogen and oxygen atoms in total. The van der Waals surface area contributed by atoms with Crippen LogP contribution >= 0.6 is 0 Å². The first-order chi connectivity index (χ1) is 20.5. The topological polar surface area (TPSA) is 135 Å². The molecule has 1 saturated carbocycles. The van der Waals surface area contributed by atoms with Gasteiger partial charge in [0, 0.05) is 29.7 Å². The maximum atomic E-state index is 13.8. The fourth-order valence-electron chi connectivity index (χ4n) is 6.74. The molecule has 1 saturated heterocycles. The normalized spacial score (nSPS) is 23.3. The van der Waals surface area contributed by atoms with Crippen molar-refractivity contribution in [3.63, 3.8) is 0 Å². The van der Waals surface area contributed by atoms with E-state index in [1.165, 1.54) is 6.42 Å². The van der Waals surface area contributed by atoms with Gasteiger partial charge >= 0.3 is 0 Å². The molecule has 3 aromatic rings. The van der Waals surface area contributed by atoms with Crippen LogP contribution in [-0.4, -0.2) is 52.5 Å². The van der Waals surface area contributed by atoms with E-state index in [2.05, 4.69) is 26.3 Å². The van der Waals surface area contributed by atoms with Crippen LogP contribution in [0.15, 0.2) is 71.9 Å². The Balaban J connectivity index is 1.19. The van der Waals surface area contributed by atoms with Gasteiger partial charge in [-0.15, -0.1) is 0 Å². The van der Waals surface area contributed by atoms with Crippen molar-refractivity contribution in [2.45, 2.75) is 69.7 Å². The molecule has 42 heavy (non-hydrogen) atoms. The summed E-state index contributed by atoms with van der Waals surface area (Å²) in [7, 11) is 0. The van der Waals surface area contributed by atoms with Crippen LogP contribution in [0.25, 0.3) is 10.9 Å². The van der Waals surface area contributed by atoms with Gasteiger partial charge in [-0.2, -0.15) is 0 Å². The van der Waals surface area contributed by atoms with Gasteiger partial charge in [0.05, 0.1) is 12.0 Å². The van der Waals surface area contributed by atoms with E-state index in [0.29, 0.717) is 43.2 Å². The summed E-state index contributed by atoms with van der Waals surface area (Å²) in [5.74, 6) is -0.855. The van der Waals surface area contributed by atoms with Crippen LogP contribution < -0.4 is 21.3 Å². The third-order valence-electron chi connectivity index (χ3n) is 9.05. The number of rotatable bonds is 9. The third kappa shape index (κ3) is 6.06. The summed E-state index contributed by atoms with van der Waals surface area (Å²) in [6.45, 7) is 0.867. The number of fused-ring (bicyclic) bond motifs is 2. The Hall–Kier alpha value is -4.11. The Morgan fingerprint density at radius 3 is 2.55 bits per heavy atom. The minimum absolute atomic E-state index is 0.0963. The van der Waals surface area contributed by atoms with Crippen LogP contribution in [0.4, 0.5) is 0 Å². The lowest BCUT2D eigenvalue weighted by Gasteiger charge is -2.36. The van der Waals surface area contributed by atoms with Crippen molar-refractivity contribution in [3.05, 3.63) is 83.2 Å². The van der Waals surface area contributed by atoms with Crippen molar-refractivity contribution in [1.29, 1.82) is 0 Å². The monoisotopic (exact) mass is 569 g/mol. The lowest BCUT2D eigenvalue weighted by molar-refractivity contribution is -0.126. The van der Waals surface area contributed by atoms with Crippen LogP contribution in [0.1, 0.15) is 61.0 Å². The van der Waals surface area contributed by atoms with E-state index >= 15 is 0 Å². The Kier molecular flexibility index (Phi) is 8.28. The summed E-state index contributed by atoms with van der Waals surface area (Å²) in [6.07, 6.45) is 5.33. The minimum atomic E-state index is -1.00. The number of hydrogen-bond acceptors (Lipinski definition) is 5. The number of aliphatic hydroxyl groups is 1. The summed E-state index contributed by atoms with van der Waals surface area (Å²) < 4.78 is 0. The first kappa shape index (κ1) is 28.0. The number of carbonyl (C=O) groups is 3. The quantitative estimate of drug-likeness (QED) is 0.235. The van der Waals surface area contributed by atoms with Gasteiger partial charge < -0.3 is 31.4 Å². The number of amides is 3. The molecule has 220 valence electrons. The fraction of sp³-hybridized carbons (Fsp3) is 0.424. The molecule has 2 fully saturated rings. The fourth-order valence-corrected chi connectivity index (χ4v) is 6.74. The van der Waals surface area contributed by atoms with Crippen LogP contribution in [0.5, 0.6) is 0 Å². The second kappa shape index (κ2) is 12.4. The number of benzene rings is 2. The number of H-pyrrole nitrogens is 1. The van der Waals surface area contributed by atoms with Gasteiger partial charge in [-0.25, -0.2) is 0 Å². The van der Waals surface area contributed by atoms with E-state index < -0.39 is 24.1 Å². The largest absolute Gasteiger partial charge is 0.385 e. The number of aromatic amines is 1. The maximum Gasteiger partial charge on any atom is 0.268 e. The van der Waals surface area contributed by atoms with Gasteiger partial charge in [0.1, 0.15) is 17.8 Å². The number of para-hydroxylation sites is 1. The van der Waals surface area contributed by atoms with Crippen molar-refractivity contribution in [1.82, 2.24) is 26.3 Å². The summed E-state index contributed by atoms with van der Waals surface area (Å²) >= 11 is 0. The maximum absolute atomic E-state index is 13.8. The lowest BCUT2D eigenvalue weighted by atomic mass is 9.81. The van der Waals surface area contributed by atoms with Gasteiger partial charge in [0.15, 0.2) is 0 Å². The molecule has 1 aliphatic heterocycles. The zero-order chi connectivity index (χ0) is 29.1. The van der Waals surface area contributed by atoms with E-state index in [9.17, 15) is 19.5 Å². The zero-order valence-corrected chi connectivity index (χ0v) is 23.7. The molecule has 2 aliphatic carbocycles. The van der Waals surface area contributed by atoms with Crippen LogP contribution in [0.3, 0.4) is 0 Å². The molecular formula is C33H39N5O4. The number of aliphatic hydroxyl groups excluding tert-OH is 1. The zero-order valence-electron chi connectivity index (χ0n) is 23.7. The molecule has 4 atom stereocenters. The molecular weight excluding hydrogens is 530 g/mol.